The van der Waals surface area contributed by atoms with Crippen LogP contribution >= 0.6 is 0 Å². The molecule has 0 bridgehead atoms. The number of nitrogens with one attached hydrogen (secondary N) is 1. The van der Waals surface area contributed by atoms with Gasteiger partial charge in [-0.15, -0.1) is 0 Å². The Bertz CT molecular complexity index is 341. The zero-order valence-corrected chi connectivity index (χ0v) is 10.9. The minimum atomic E-state index is 0.172. The second-order valence-corrected chi connectivity index (χ2v) is 3.91. The van der Waals surface area contributed by atoms with E-state index >= 15 is 0 Å². The van der Waals surface area contributed by atoms with Crippen molar-refractivity contribution in [3.05, 3.63) is 23.8 Å². The molecule has 0 heterocycles. The van der Waals surface area contributed by atoms with Gasteiger partial charge >= 0.3 is 0 Å². The molecule has 0 saturated heterocycles. The summed E-state index contributed by atoms with van der Waals surface area (Å²) in [6.45, 7) is 3.18. The largest absolute Gasteiger partial charge is 0.493 e. The molecule has 96 valence electrons. The molecule has 0 aliphatic carbocycles. The molecule has 0 radical (unpaired) electrons. The number of hydrogen-bond acceptors (Lipinski definition) is 4. The Morgan fingerprint density at radius 1 is 1.18 bits per heavy atom. The third kappa shape index (κ3) is 4.24. The van der Waals surface area contributed by atoms with E-state index in [9.17, 15) is 0 Å². The molecule has 0 aromatic heterocycles. The zero-order valence-electron chi connectivity index (χ0n) is 10.9. The molecule has 4 heteroatoms. The number of likely N-dealkylation sites (N-methyl/N-ethyl adjacent to an activating group) is 1. The van der Waals surface area contributed by atoms with Gasteiger partial charge < -0.3 is 19.5 Å². The molecule has 4 nitrogen and oxygen atoms in total. The summed E-state index contributed by atoms with van der Waals surface area (Å²) in [4.78, 5) is 0. The molecule has 0 amide bonds. The Balaban J connectivity index is 2.61. The van der Waals surface area contributed by atoms with E-state index in [0.717, 1.165) is 17.1 Å². The third-order valence-electron chi connectivity index (χ3n) is 2.54. The van der Waals surface area contributed by atoms with Crippen molar-refractivity contribution in [1.82, 2.24) is 5.32 Å². The highest BCUT2D eigenvalue weighted by molar-refractivity contribution is 5.42. The number of benzene rings is 1. The molecule has 0 saturated carbocycles. The molecule has 17 heavy (non-hydrogen) atoms. The number of ether oxygens (including phenoxy) is 3. The van der Waals surface area contributed by atoms with E-state index in [4.69, 9.17) is 14.2 Å². The van der Waals surface area contributed by atoms with Crippen LogP contribution in [0.2, 0.25) is 0 Å². The lowest BCUT2D eigenvalue weighted by molar-refractivity contribution is 0.138. The van der Waals surface area contributed by atoms with Crippen molar-refractivity contribution in [2.75, 3.05) is 34.5 Å². The minimum absolute atomic E-state index is 0.172. The lowest BCUT2D eigenvalue weighted by atomic mass is 10.2. The van der Waals surface area contributed by atoms with Gasteiger partial charge in [-0.1, -0.05) is 6.07 Å². The number of aryl methyl sites for hydroxylation is 1. The van der Waals surface area contributed by atoms with Crippen molar-refractivity contribution in [2.45, 2.75) is 13.0 Å². The van der Waals surface area contributed by atoms with E-state index in [1.807, 2.05) is 32.2 Å². The van der Waals surface area contributed by atoms with Crippen LogP contribution in [0.15, 0.2) is 18.2 Å². The Hall–Kier alpha value is -1.26. The normalized spacial score (nSPS) is 12.2. The highest BCUT2D eigenvalue weighted by Gasteiger charge is 2.09. The van der Waals surface area contributed by atoms with Gasteiger partial charge in [-0.05, 0) is 31.7 Å². The summed E-state index contributed by atoms with van der Waals surface area (Å²) < 4.78 is 16.1. The lowest BCUT2D eigenvalue weighted by Gasteiger charge is -2.17. The van der Waals surface area contributed by atoms with Crippen molar-refractivity contribution in [3.63, 3.8) is 0 Å². The fourth-order valence-corrected chi connectivity index (χ4v) is 1.50. The van der Waals surface area contributed by atoms with Gasteiger partial charge in [0.05, 0.1) is 19.8 Å². The van der Waals surface area contributed by atoms with Crippen LogP contribution in [0.3, 0.4) is 0 Å². The Morgan fingerprint density at radius 3 is 2.53 bits per heavy atom. The van der Waals surface area contributed by atoms with Crippen LogP contribution in [0.1, 0.15) is 5.56 Å². The average molecular weight is 239 g/mol. The topological polar surface area (TPSA) is 39.7 Å². The smallest absolute Gasteiger partial charge is 0.161 e. The van der Waals surface area contributed by atoms with Crippen molar-refractivity contribution >= 4 is 0 Å². The lowest BCUT2D eigenvalue weighted by Crippen LogP contribution is -2.35. The molecule has 0 fully saturated rings. The maximum atomic E-state index is 5.72. The maximum Gasteiger partial charge on any atom is 0.161 e. The molecule has 1 N–H and O–H groups in total. The maximum absolute atomic E-state index is 5.72. The van der Waals surface area contributed by atoms with Crippen LogP contribution in [0.4, 0.5) is 0 Å². The summed E-state index contributed by atoms with van der Waals surface area (Å²) >= 11 is 0. The fourth-order valence-electron chi connectivity index (χ4n) is 1.50. The average Bonchev–Trinajstić information content (AvgIpc) is 2.35. The molecule has 1 rings (SSSR count). The molecule has 1 aromatic carbocycles. The SMILES string of the molecule is CNC(COC)COc1ccc(C)cc1OC. The summed E-state index contributed by atoms with van der Waals surface area (Å²) in [5.41, 5.74) is 1.15. The highest BCUT2D eigenvalue weighted by atomic mass is 16.5. The number of rotatable bonds is 7. The Morgan fingerprint density at radius 2 is 1.94 bits per heavy atom. The molecule has 0 aliphatic heterocycles. The summed E-state index contributed by atoms with van der Waals surface area (Å²) in [6, 6.07) is 6.06. The molecule has 0 spiro atoms. The fraction of sp³-hybridized carbons (Fsp3) is 0.538. The second-order valence-electron chi connectivity index (χ2n) is 3.91. The predicted molar refractivity (Wildman–Crippen MR) is 67.9 cm³/mol. The van der Waals surface area contributed by atoms with Crippen molar-refractivity contribution in [3.8, 4) is 11.5 Å². The van der Waals surface area contributed by atoms with Crippen LogP contribution in [-0.2, 0) is 4.74 Å². The first-order valence-corrected chi connectivity index (χ1v) is 5.65. The van der Waals surface area contributed by atoms with E-state index in [2.05, 4.69) is 5.32 Å². The van der Waals surface area contributed by atoms with Crippen LogP contribution in [-0.4, -0.2) is 40.5 Å². The zero-order chi connectivity index (χ0) is 12.7. The first-order valence-electron chi connectivity index (χ1n) is 5.65. The van der Waals surface area contributed by atoms with E-state index in [1.54, 1.807) is 14.2 Å². The van der Waals surface area contributed by atoms with Crippen LogP contribution in [0.25, 0.3) is 0 Å². The molecular formula is C13H21NO3. The second kappa shape index (κ2) is 7.14. The quantitative estimate of drug-likeness (QED) is 0.785. The Kier molecular flexibility index (Phi) is 5.80. The van der Waals surface area contributed by atoms with Crippen LogP contribution in [0, 0.1) is 6.92 Å². The molecule has 1 unspecified atom stereocenters. The highest BCUT2D eigenvalue weighted by Crippen LogP contribution is 2.27. The van der Waals surface area contributed by atoms with Gasteiger partial charge in [0.15, 0.2) is 11.5 Å². The van der Waals surface area contributed by atoms with E-state index in [1.165, 1.54) is 0 Å². The first-order chi connectivity index (χ1) is 8.21. The van der Waals surface area contributed by atoms with Crippen molar-refractivity contribution < 1.29 is 14.2 Å². The minimum Gasteiger partial charge on any atom is -0.493 e. The molecule has 0 aliphatic rings. The standard InChI is InChI=1S/C13H21NO3/c1-10-5-6-12(13(7-10)16-4)17-9-11(14-2)8-15-3/h5-7,11,14H,8-9H2,1-4H3. The van der Waals surface area contributed by atoms with Gasteiger partial charge in [0.2, 0.25) is 0 Å². The van der Waals surface area contributed by atoms with E-state index < -0.39 is 0 Å². The summed E-state index contributed by atoms with van der Waals surface area (Å²) in [7, 11) is 5.21. The van der Waals surface area contributed by atoms with Crippen molar-refractivity contribution in [1.29, 1.82) is 0 Å². The van der Waals surface area contributed by atoms with Gasteiger partial charge in [0.25, 0.3) is 0 Å². The van der Waals surface area contributed by atoms with Gasteiger partial charge in [-0.3, -0.25) is 0 Å². The summed E-state index contributed by atoms with van der Waals surface area (Å²) in [5.74, 6) is 1.52. The van der Waals surface area contributed by atoms with E-state index in [0.29, 0.717) is 13.2 Å². The molecule has 1 aromatic rings. The predicted octanol–water partition coefficient (Wildman–Crippen LogP) is 1.62. The number of hydrogen-bond donors (Lipinski definition) is 1. The molecule has 1 atom stereocenters. The summed E-state index contributed by atoms with van der Waals surface area (Å²) in [6.07, 6.45) is 0. The van der Waals surface area contributed by atoms with Crippen molar-refractivity contribution in [2.24, 2.45) is 0 Å². The third-order valence-corrected chi connectivity index (χ3v) is 2.54. The summed E-state index contributed by atoms with van der Waals surface area (Å²) in [5, 5.41) is 3.13. The number of methoxy groups -OCH3 is 2. The monoisotopic (exact) mass is 239 g/mol. The Labute approximate surface area is 103 Å². The first kappa shape index (κ1) is 13.8. The van der Waals surface area contributed by atoms with Crippen LogP contribution < -0.4 is 14.8 Å². The van der Waals surface area contributed by atoms with Gasteiger partial charge in [-0.2, -0.15) is 0 Å². The molecular weight excluding hydrogens is 218 g/mol. The van der Waals surface area contributed by atoms with Gasteiger partial charge in [0, 0.05) is 7.11 Å². The van der Waals surface area contributed by atoms with Gasteiger partial charge in [0.1, 0.15) is 6.61 Å². The van der Waals surface area contributed by atoms with Crippen LogP contribution in [0.5, 0.6) is 11.5 Å². The van der Waals surface area contributed by atoms with E-state index in [-0.39, 0.29) is 6.04 Å². The van der Waals surface area contributed by atoms with Gasteiger partial charge in [-0.25, -0.2) is 0 Å².